The molecule has 0 fully saturated rings. The minimum Gasteiger partial charge on any atom is -0.493 e. The van der Waals surface area contributed by atoms with E-state index in [1.54, 1.807) is 19.1 Å². The molecule has 154 valence electrons. The summed E-state index contributed by atoms with van der Waals surface area (Å²) in [6.45, 7) is -1.32. The predicted octanol–water partition coefficient (Wildman–Crippen LogP) is 4.88. The first-order valence-corrected chi connectivity index (χ1v) is 8.84. The zero-order valence-corrected chi connectivity index (χ0v) is 16.5. The van der Waals surface area contributed by atoms with Crippen LogP contribution in [0.1, 0.15) is 21.6 Å². The molecule has 1 N–H and O–H groups in total. The van der Waals surface area contributed by atoms with Gasteiger partial charge in [-0.05, 0) is 36.8 Å². The van der Waals surface area contributed by atoms with Crippen molar-refractivity contribution in [1.82, 2.24) is 4.98 Å². The molecule has 30 heavy (non-hydrogen) atoms. The van der Waals surface area contributed by atoms with Gasteiger partial charge in [0.05, 0.1) is 19.8 Å². The van der Waals surface area contributed by atoms with Crippen molar-refractivity contribution in [2.75, 3.05) is 14.2 Å². The smallest absolute Gasteiger partial charge is 0.387 e. The first-order valence-electron chi connectivity index (χ1n) is 8.84. The van der Waals surface area contributed by atoms with Crippen molar-refractivity contribution in [3.8, 4) is 23.3 Å². The van der Waals surface area contributed by atoms with E-state index < -0.39 is 12.4 Å². The first kappa shape index (κ1) is 20.9. The number of carbonyl (C=O) groups is 1. The highest BCUT2D eigenvalue weighted by Crippen LogP contribution is 2.40. The molecule has 0 aliphatic rings. The minimum absolute atomic E-state index is 0.0195. The topological polar surface area (TPSA) is 84.3 Å². The second kappa shape index (κ2) is 8.66. The number of aromatic nitrogens is 1. The number of ketones is 1. The van der Waals surface area contributed by atoms with Crippen molar-refractivity contribution >= 4 is 22.8 Å². The Hall–Kier alpha value is -3.86. The Balaban J connectivity index is 2.09. The van der Waals surface area contributed by atoms with Crippen molar-refractivity contribution < 1.29 is 27.8 Å². The molecule has 0 aliphatic heterocycles. The van der Waals surface area contributed by atoms with Gasteiger partial charge in [0.1, 0.15) is 11.6 Å². The maximum absolute atomic E-state index is 13.1. The number of benzene rings is 2. The molecule has 3 rings (SSSR count). The van der Waals surface area contributed by atoms with Gasteiger partial charge in [-0.2, -0.15) is 14.0 Å². The third kappa shape index (κ3) is 3.96. The van der Waals surface area contributed by atoms with Crippen LogP contribution in [0, 0.1) is 18.3 Å². The molecule has 0 aliphatic carbocycles. The van der Waals surface area contributed by atoms with Gasteiger partial charge in [0.15, 0.2) is 11.5 Å². The monoisotopic (exact) mass is 412 g/mol. The fourth-order valence-corrected chi connectivity index (χ4v) is 3.21. The number of hydrogen-bond donors (Lipinski definition) is 1. The Morgan fingerprint density at radius 2 is 1.80 bits per heavy atom. The third-order valence-corrected chi connectivity index (χ3v) is 4.49. The molecular formula is C22H18F2N2O4. The van der Waals surface area contributed by atoms with Crippen molar-refractivity contribution in [3.05, 3.63) is 58.8 Å². The van der Waals surface area contributed by atoms with Gasteiger partial charge < -0.3 is 19.2 Å². The number of Topliss-reactive ketones (excluding diaryl/α,β-unsaturated/α-hetero) is 1. The summed E-state index contributed by atoms with van der Waals surface area (Å²) in [4.78, 5) is 16.2. The number of fused-ring (bicyclic) bond motifs is 1. The van der Waals surface area contributed by atoms with Crippen molar-refractivity contribution in [2.24, 2.45) is 0 Å². The molecule has 0 spiro atoms. The average Bonchev–Trinajstić information content (AvgIpc) is 3.07. The van der Waals surface area contributed by atoms with Gasteiger partial charge in [-0.15, -0.1) is 0 Å². The van der Waals surface area contributed by atoms with Gasteiger partial charge in [-0.3, -0.25) is 4.79 Å². The lowest BCUT2D eigenvalue weighted by atomic mass is 9.99. The number of para-hydroxylation sites is 1. The van der Waals surface area contributed by atoms with E-state index >= 15 is 0 Å². The quantitative estimate of drug-likeness (QED) is 0.340. The first-order chi connectivity index (χ1) is 14.4. The lowest BCUT2D eigenvalue weighted by Crippen LogP contribution is -2.06. The van der Waals surface area contributed by atoms with Gasteiger partial charge in [0, 0.05) is 16.6 Å². The van der Waals surface area contributed by atoms with E-state index in [4.69, 9.17) is 9.47 Å². The van der Waals surface area contributed by atoms with Crippen LogP contribution in [-0.4, -0.2) is 31.6 Å². The number of ether oxygens (including phenoxy) is 3. The average molecular weight is 412 g/mol. The number of hydrogen-bond acceptors (Lipinski definition) is 5. The van der Waals surface area contributed by atoms with Crippen LogP contribution < -0.4 is 14.2 Å². The molecule has 0 radical (unpaired) electrons. The molecule has 0 saturated carbocycles. The standard InChI is InChI=1S/C22H18F2N2O4/c1-12-19(15-6-4-5-7-16(15)26-12)20(27)14(11-25)8-13-9-17(28-2)21(30-22(23)24)18(10-13)29-3/h4-10,22,26H,1-3H3/b14-8+. The SMILES string of the molecule is COc1cc(/C=C(\C#N)C(=O)c2c(C)[nH]c3ccccc23)cc(OC)c1OC(F)F. The molecule has 0 bridgehead atoms. The second-order valence-corrected chi connectivity index (χ2v) is 6.30. The third-order valence-electron chi connectivity index (χ3n) is 4.49. The van der Waals surface area contributed by atoms with E-state index in [9.17, 15) is 18.8 Å². The van der Waals surface area contributed by atoms with Crippen LogP contribution in [0.4, 0.5) is 8.78 Å². The Labute approximate surface area is 171 Å². The minimum atomic E-state index is -3.07. The number of alkyl halides is 2. The Kier molecular flexibility index (Phi) is 6.02. The Morgan fingerprint density at radius 1 is 1.17 bits per heavy atom. The zero-order valence-electron chi connectivity index (χ0n) is 16.5. The summed E-state index contributed by atoms with van der Waals surface area (Å²) in [5, 5.41) is 10.3. The van der Waals surface area contributed by atoms with E-state index in [2.05, 4.69) is 9.72 Å². The number of aromatic amines is 1. The number of rotatable bonds is 7. The molecular weight excluding hydrogens is 394 g/mol. The number of methoxy groups -OCH3 is 2. The number of aryl methyl sites for hydroxylation is 1. The largest absolute Gasteiger partial charge is 0.493 e. The predicted molar refractivity (Wildman–Crippen MR) is 107 cm³/mol. The number of nitriles is 1. The second-order valence-electron chi connectivity index (χ2n) is 6.30. The number of allylic oxidation sites excluding steroid dienone is 1. The lowest BCUT2D eigenvalue weighted by Gasteiger charge is -2.14. The summed E-state index contributed by atoms with van der Waals surface area (Å²) in [5.41, 5.74) is 2.04. The maximum atomic E-state index is 13.1. The van der Waals surface area contributed by atoms with Crippen LogP contribution >= 0.6 is 0 Å². The molecule has 0 unspecified atom stereocenters. The van der Waals surface area contributed by atoms with Gasteiger partial charge >= 0.3 is 6.61 Å². The van der Waals surface area contributed by atoms with E-state index in [1.165, 1.54) is 32.4 Å². The summed E-state index contributed by atoms with van der Waals surface area (Å²) in [6, 6.07) is 12.0. The van der Waals surface area contributed by atoms with E-state index in [0.717, 1.165) is 5.52 Å². The van der Waals surface area contributed by atoms with Gasteiger partial charge in [0.25, 0.3) is 0 Å². The Morgan fingerprint density at radius 3 is 2.37 bits per heavy atom. The molecule has 1 heterocycles. The lowest BCUT2D eigenvalue weighted by molar-refractivity contribution is -0.0526. The molecule has 6 nitrogen and oxygen atoms in total. The van der Waals surface area contributed by atoms with Crippen LogP contribution in [0.25, 0.3) is 17.0 Å². The van der Waals surface area contributed by atoms with Gasteiger partial charge in [-0.25, -0.2) is 0 Å². The van der Waals surface area contributed by atoms with E-state index in [-0.39, 0.29) is 22.8 Å². The fraction of sp³-hybridized carbons (Fsp3) is 0.182. The number of halogens is 2. The van der Waals surface area contributed by atoms with Crippen LogP contribution in [0.15, 0.2) is 42.0 Å². The van der Waals surface area contributed by atoms with Crippen LogP contribution in [0.3, 0.4) is 0 Å². The van der Waals surface area contributed by atoms with Crippen molar-refractivity contribution in [1.29, 1.82) is 5.26 Å². The van der Waals surface area contributed by atoms with Crippen molar-refractivity contribution in [3.63, 3.8) is 0 Å². The normalized spacial score (nSPS) is 11.4. The number of nitrogens with zero attached hydrogens (tertiary/aromatic N) is 1. The summed E-state index contributed by atoms with van der Waals surface area (Å²) in [7, 11) is 2.57. The van der Waals surface area contributed by atoms with E-state index in [0.29, 0.717) is 22.2 Å². The van der Waals surface area contributed by atoms with Crippen LogP contribution in [0.2, 0.25) is 0 Å². The molecule has 0 saturated heterocycles. The summed E-state index contributed by atoms with van der Waals surface area (Å²) >= 11 is 0. The molecule has 3 aromatic rings. The Bertz CT molecular complexity index is 1150. The highest BCUT2D eigenvalue weighted by molar-refractivity contribution is 6.20. The molecule has 8 heteroatoms. The van der Waals surface area contributed by atoms with E-state index in [1.807, 2.05) is 18.2 Å². The summed E-state index contributed by atoms with van der Waals surface area (Å²) in [5.74, 6) is -0.773. The van der Waals surface area contributed by atoms with Crippen LogP contribution in [-0.2, 0) is 0 Å². The van der Waals surface area contributed by atoms with Crippen LogP contribution in [0.5, 0.6) is 17.2 Å². The number of nitrogens with one attached hydrogen (secondary N) is 1. The zero-order chi connectivity index (χ0) is 21.8. The summed E-state index contributed by atoms with van der Waals surface area (Å²) < 4.78 is 40.1. The molecule has 0 amide bonds. The number of carbonyl (C=O) groups excluding carboxylic acids is 1. The van der Waals surface area contributed by atoms with Gasteiger partial charge in [0.2, 0.25) is 11.5 Å². The fourth-order valence-electron chi connectivity index (χ4n) is 3.21. The maximum Gasteiger partial charge on any atom is 0.387 e. The molecule has 0 atom stereocenters. The highest BCUT2D eigenvalue weighted by atomic mass is 19.3. The van der Waals surface area contributed by atoms with Crippen molar-refractivity contribution in [2.45, 2.75) is 13.5 Å². The summed E-state index contributed by atoms with van der Waals surface area (Å²) in [6.07, 6.45) is 1.35. The molecule has 2 aromatic carbocycles. The molecule has 1 aromatic heterocycles. The number of H-pyrrole nitrogens is 1. The highest BCUT2D eigenvalue weighted by Gasteiger charge is 2.21. The van der Waals surface area contributed by atoms with Gasteiger partial charge in [-0.1, -0.05) is 18.2 Å².